The second kappa shape index (κ2) is 8.48. The van der Waals surface area contributed by atoms with E-state index in [-0.39, 0.29) is 5.91 Å². The SMILES string of the molecule is Cc1ccc(N(CCC#N)C(=O)CN2CCC[C@H]2c2ccsc2)cc1C. The van der Waals surface area contributed by atoms with Gasteiger partial charge in [-0.25, -0.2) is 0 Å². The first-order chi connectivity index (χ1) is 12.6. The Bertz CT molecular complexity index is 794. The van der Waals surface area contributed by atoms with Crippen LogP contribution in [0, 0.1) is 25.2 Å². The van der Waals surface area contributed by atoms with E-state index < -0.39 is 0 Å². The minimum absolute atomic E-state index is 0.0747. The first-order valence-corrected chi connectivity index (χ1v) is 10.0. The van der Waals surface area contributed by atoms with Crippen molar-refractivity contribution in [1.29, 1.82) is 5.26 Å². The number of carbonyl (C=O) groups is 1. The van der Waals surface area contributed by atoms with Crippen molar-refractivity contribution in [1.82, 2.24) is 4.90 Å². The fourth-order valence-corrected chi connectivity index (χ4v) is 4.28. The maximum Gasteiger partial charge on any atom is 0.241 e. The molecule has 1 aliphatic rings. The van der Waals surface area contributed by atoms with Crippen LogP contribution in [0.1, 0.15) is 42.0 Å². The zero-order valence-electron chi connectivity index (χ0n) is 15.4. The summed E-state index contributed by atoms with van der Waals surface area (Å²) in [6, 6.07) is 10.7. The third-order valence-corrected chi connectivity index (χ3v) is 5.88. The second-order valence-corrected chi connectivity index (χ2v) is 7.69. The van der Waals surface area contributed by atoms with Crippen molar-refractivity contribution in [3.8, 4) is 6.07 Å². The molecule has 1 saturated heterocycles. The molecule has 2 heterocycles. The van der Waals surface area contributed by atoms with E-state index in [4.69, 9.17) is 5.26 Å². The van der Waals surface area contributed by atoms with Crippen LogP contribution in [0.3, 0.4) is 0 Å². The van der Waals surface area contributed by atoms with Crippen LogP contribution in [0.15, 0.2) is 35.0 Å². The smallest absolute Gasteiger partial charge is 0.241 e. The number of nitriles is 1. The minimum atomic E-state index is 0.0747. The number of hydrogen-bond acceptors (Lipinski definition) is 4. The number of carbonyl (C=O) groups excluding carboxylic acids is 1. The van der Waals surface area contributed by atoms with Crippen molar-refractivity contribution in [2.45, 2.75) is 39.2 Å². The van der Waals surface area contributed by atoms with Crippen LogP contribution in [0.2, 0.25) is 0 Å². The maximum absolute atomic E-state index is 13.1. The van der Waals surface area contributed by atoms with Gasteiger partial charge in [0.2, 0.25) is 5.91 Å². The number of nitrogens with zero attached hydrogens (tertiary/aromatic N) is 3. The molecular weight excluding hydrogens is 342 g/mol. The lowest BCUT2D eigenvalue weighted by Crippen LogP contribution is -2.40. The van der Waals surface area contributed by atoms with Gasteiger partial charge in [0.05, 0.1) is 19.0 Å². The van der Waals surface area contributed by atoms with Gasteiger partial charge in [0, 0.05) is 18.3 Å². The van der Waals surface area contributed by atoms with E-state index in [1.54, 1.807) is 16.2 Å². The van der Waals surface area contributed by atoms with Crippen LogP contribution < -0.4 is 4.90 Å². The number of likely N-dealkylation sites (tertiary alicyclic amines) is 1. The second-order valence-electron chi connectivity index (χ2n) is 6.91. The van der Waals surface area contributed by atoms with Gasteiger partial charge in [0.1, 0.15) is 0 Å². The van der Waals surface area contributed by atoms with Crippen LogP contribution in [0.4, 0.5) is 5.69 Å². The summed E-state index contributed by atoms with van der Waals surface area (Å²) in [7, 11) is 0. The van der Waals surface area contributed by atoms with E-state index in [1.807, 2.05) is 18.2 Å². The Hall–Kier alpha value is -2.16. The van der Waals surface area contributed by atoms with Crippen molar-refractivity contribution >= 4 is 22.9 Å². The van der Waals surface area contributed by atoms with Crippen molar-refractivity contribution < 1.29 is 4.79 Å². The average molecular weight is 368 g/mol. The summed E-state index contributed by atoms with van der Waals surface area (Å²) >= 11 is 1.71. The van der Waals surface area contributed by atoms with Crippen LogP contribution >= 0.6 is 11.3 Å². The molecule has 1 atom stereocenters. The highest BCUT2D eigenvalue weighted by Crippen LogP contribution is 2.33. The summed E-state index contributed by atoms with van der Waals surface area (Å²) in [5.41, 5.74) is 4.57. The van der Waals surface area contributed by atoms with Crippen LogP contribution in [0.5, 0.6) is 0 Å². The molecule has 2 aromatic rings. The zero-order chi connectivity index (χ0) is 18.5. The molecule has 0 spiro atoms. The zero-order valence-corrected chi connectivity index (χ0v) is 16.3. The number of amides is 1. The largest absolute Gasteiger partial charge is 0.310 e. The summed E-state index contributed by atoms with van der Waals surface area (Å²) in [4.78, 5) is 17.2. The Balaban J connectivity index is 1.77. The molecule has 5 heteroatoms. The van der Waals surface area contributed by atoms with Crippen LogP contribution in [0.25, 0.3) is 0 Å². The lowest BCUT2D eigenvalue weighted by atomic mass is 10.1. The summed E-state index contributed by atoms with van der Waals surface area (Å²) in [5.74, 6) is 0.0747. The Kier molecular flexibility index (Phi) is 6.08. The van der Waals surface area contributed by atoms with E-state index in [1.165, 1.54) is 11.1 Å². The molecule has 136 valence electrons. The molecule has 0 unspecified atom stereocenters. The normalized spacial score (nSPS) is 17.2. The van der Waals surface area contributed by atoms with Gasteiger partial charge >= 0.3 is 0 Å². The van der Waals surface area contributed by atoms with E-state index in [9.17, 15) is 4.79 Å². The standard InChI is InChI=1S/C21H25N3OS/c1-16-6-7-19(13-17(16)2)24(11-4-9-22)21(25)14-23-10-3-5-20(23)18-8-12-26-15-18/h6-8,12-13,15,20H,3-5,10-11,14H2,1-2H3/t20-/m0/s1. The molecule has 0 radical (unpaired) electrons. The number of hydrogen-bond donors (Lipinski definition) is 0. The lowest BCUT2D eigenvalue weighted by molar-refractivity contribution is -0.120. The quantitative estimate of drug-likeness (QED) is 0.758. The van der Waals surface area contributed by atoms with Crippen molar-refractivity contribution in [3.63, 3.8) is 0 Å². The predicted molar refractivity (Wildman–Crippen MR) is 106 cm³/mol. The first kappa shape index (κ1) is 18.6. The summed E-state index contributed by atoms with van der Waals surface area (Å²) in [6.45, 7) is 5.91. The molecule has 1 aliphatic heterocycles. The number of aryl methyl sites for hydroxylation is 2. The molecule has 26 heavy (non-hydrogen) atoms. The highest BCUT2D eigenvalue weighted by molar-refractivity contribution is 7.07. The summed E-state index contributed by atoms with van der Waals surface area (Å²) in [6.07, 6.45) is 2.56. The number of rotatable bonds is 6. The van der Waals surface area contributed by atoms with E-state index in [0.717, 1.165) is 30.6 Å². The molecule has 1 amide bonds. The van der Waals surface area contributed by atoms with Crippen molar-refractivity contribution in [3.05, 3.63) is 51.7 Å². The first-order valence-electron chi connectivity index (χ1n) is 9.11. The molecule has 0 bridgehead atoms. The molecule has 3 rings (SSSR count). The number of anilines is 1. The van der Waals surface area contributed by atoms with Crippen molar-refractivity contribution in [2.24, 2.45) is 0 Å². The molecule has 0 saturated carbocycles. The Morgan fingerprint density at radius 1 is 1.35 bits per heavy atom. The maximum atomic E-state index is 13.1. The molecule has 1 aromatic carbocycles. The Morgan fingerprint density at radius 2 is 2.19 bits per heavy atom. The van der Waals surface area contributed by atoms with Gasteiger partial charge in [-0.15, -0.1) is 0 Å². The van der Waals surface area contributed by atoms with Gasteiger partial charge in [0.15, 0.2) is 0 Å². The molecule has 0 N–H and O–H groups in total. The average Bonchev–Trinajstić information content (AvgIpc) is 3.29. The van der Waals surface area contributed by atoms with Crippen molar-refractivity contribution in [2.75, 3.05) is 24.5 Å². The number of benzene rings is 1. The van der Waals surface area contributed by atoms with E-state index in [0.29, 0.717) is 25.6 Å². The molecule has 1 aromatic heterocycles. The van der Waals surface area contributed by atoms with Gasteiger partial charge < -0.3 is 4.90 Å². The third-order valence-electron chi connectivity index (χ3n) is 5.18. The monoisotopic (exact) mass is 367 g/mol. The topological polar surface area (TPSA) is 47.3 Å². The van der Waals surface area contributed by atoms with E-state index in [2.05, 4.69) is 41.6 Å². The fourth-order valence-electron chi connectivity index (χ4n) is 3.57. The predicted octanol–water partition coefficient (Wildman–Crippen LogP) is 4.45. The van der Waals surface area contributed by atoms with Gasteiger partial charge in [-0.05, 0) is 78.9 Å². The van der Waals surface area contributed by atoms with Crippen LogP contribution in [-0.4, -0.2) is 30.4 Å². The fraction of sp³-hybridized carbons (Fsp3) is 0.429. The van der Waals surface area contributed by atoms with Gasteiger partial charge in [0.25, 0.3) is 0 Å². The molecule has 4 nitrogen and oxygen atoms in total. The highest BCUT2D eigenvalue weighted by atomic mass is 32.1. The van der Waals surface area contributed by atoms with Gasteiger partial charge in [-0.1, -0.05) is 6.07 Å². The van der Waals surface area contributed by atoms with Crippen LogP contribution in [-0.2, 0) is 4.79 Å². The van der Waals surface area contributed by atoms with E-state index >= 15 is 0 Å². The lowest BCUT2D eigenvalue weighted by Gasteiger charge is -2.28. The number of thiophene rings is 1. The summed E-state index contributed by atoms with van der Waals surface area (Å²) < 4.78 is 0. The molecule has 1 fully saturated rings. The molecule has 0 aliphatic carbocycles. The van der Waals surface area contributed by atoms with Gasteiger partial charge in [-0.3, -0.25) is 9.69 Å². The molecular formula is C21H25N3OS. The Labute approximate surface area is 159 Å². The Morgan fingerprint density at radius 3 is 2.88 bits per heavy atom. The third kappa shape index (κ3) is 4.14. The summed E-state index contributed by atoms with van der Waals surface area (Å²) in [5, 5.41) is 13.3. The van der Waals surface area contributed by atoms with Gasteiger partial charge in [-0.2, -0.15) is 16.6 Å². The highest BCUT2D eigenvalue weighted by Gasteiger charge is 2.29. The minimum Gasteiger partial charge on any atom is -0.310 e.